The summed E-state index contributed by atoms with van der Waals surface area (Å²) in [5, 5.41) is 7.07. The molecule has 0 radical (unpaired) electrons. The second-order valence-electron chi connectivity index (χ2n) is 6.24. The van der Waals surface area contributed by atoms with Crippen molar-refractivity contribution in [2.45, 2.75) is 13.8 Å². The van der Waals surface area contributed by atoms with Gasteiger partial charge in [0, 0.05) is 24.2 Å². The summed E-state index contributed by atoms with van der Waals surface area (Å²) in [4.78, 5) is 30.1. The summed E-state index contributed by atoms with van der Waals surface area (Å²) >= 11 is 0. The van der Waals surface area contributed by atoms with Crippen molar-refractivity contribution in [2.24, 2.45) is 0 Å². The Morgan fingerprint density at radius 2 is 1.93 bits per heavy atom. The van der Waals surface area contributed by atoms with Gasteiger partial charge in [0.2, 0.25) is 0 Å². The van der Waals surface area contributed by atoms with Crippen LogP contribution >= 0.6 is 0 Å². The van der Waals surface area contributed by atoms with Crippen LogP contribution in [0.2, 0.25) is 0 Å². The van der Waals surface area contributed by atoms with Gasteiger partial charge in [-0.15, -0.1) is 0 Å². The van der Waals surface area contributed by atoms with Crippen molar-refractivity contribution in [2.75, 3.05) is 5.32 Å². The van der Waals surface area contributed by atoms with Gasteiger partial charge in [-0.1, -0.05) is 0 Å². The summed E-state index contributed by atoms with van der Waals surface area (Å²) in [6.07, 6.45) is 8.24. The zero-order chi connectivity index (χ0) is 19.5. The van der Waals surface area contributed by atoms with E-state index in [4.69, 9.17) is 0 Å². The molecular formula is C20H17N7O. The van der Waals surface area contributed by atoms with E-state index in [1.165, 1.54) is 4.68 Å². The molecule has 4 heterocycles. The second-order valence-corrected chi connectivity index (χ2v) is 6.24. The molecule has 0 unspecified atom stereocenters. The standard InChI is InChI=1S/C20H17N7O/c1-13-5-8-22-16(10-13)19-23-11-14(2)18(25-19)26-20(28)17-6-9-24-27(17)15-4-3-7-21-12-15/h3-12H,1-2H3,(H,23,25,26,28). The van der Waals surface area contributed by atoms with Crippen molar-refractivity contribution in [3.63, 3.8) is 0 Å². The maximum atomic E-state index is 12.9. The smallest absolute Gasteiger partial charge is 0.275 e. The Morgan fingerprint density at radius 3 is 2.71 bits per heavy atom. The van der Waals surface area contributed by atoms with Crippen LogP contribution in [0.3, 0.4) is 0 Å². The highest BCUT2D eigenvalue weighted by Gasteiger charge is 2.16. The van der Waals surface area contributed by atoms with Crippen molar-refractivity contribution < 1.29 is 4.79 Å². The van der Waals surface area contributed by atoms with Gasteiger partial charge in [0.25, 0.3) is 5.91 Å². The van der Waals surface area contributed by atoms with E-state index < -0.39 is 0 Å². The molecule has 0 spiro atoms. The lowest BCUT2D eigenvalue weighted by molar-refractivity contribution is 0.101. The molecule has 1 N–H and O–H groups in total. The Bertz CT molecular complexity index is 1140. The maximum Gasteiger partial charge on any atom is 0.275 e. The summed E-state index contributed by atoms with van der Waals surface area (Å²) in [5.41, 5.74) is 3.52. The molecule has 0 aliphatic rings. The number of pyridine rings is 2. The summed E-state index contributed by atoms with van der Waals surface area (Å²) in [6.45, 7) is 3.81. The molecule has 0 saturated carbocycles. The lowest BCUT2D eigenvalue weighted by Gasteiger charge is -2.10. The third kappa shape index (κ3) is 3.48. The summed E-state index contributed by atoms with van der Waals surface area (Å²) in [6, 6.07) is 9.05. The third-order valence-corrected chi connectivity index (χ3v) is 4.11. The van der Waals surface area contributed by atoms with E-state index >= 15 is 0 Å². The minimum Gasteiger partial charge on any atom is -0.305 e. The molecule has 0 aliphatic heterocycles. The molecule has 0 saturated heterocycles. The van der Waals surface area contributed by atoms with Gasteiger partial charge >= 0.3 is 0 Å². The van der Waals surface area contributed by atoms with Crippen molar-refractivity contribution >= 4 is 11.7 Å². The Morgan fingerprint density at radius 1 is 1.04 bits per heavy atom. The van der Waals surface area contributed by atoms with Gasteiger partial charge in [-0.2, -0.15) is 5.10 Å². The van der Waals surface area contributed by atoms with Crippen LogP contribution in [0.15, 0.2) is 61.3 Å². The van der Waals surface area contributed by atoms with E-state index in [2.05, 4.69) is 30.4 Å². The molecule has 138 valence electrons. The number of nitrogens with zero attached hydrogens (tertiary/aromatic N) is 6. The monoisotopic (exact) mass is 371 g/mol. The lowest BCUT2D eigenvalue weighted by Crippen LogP contribution is -2.18. The first kappa shape index (κ1) is 17.5. The minimum atomic E-state index is -0.327. The van der Waals surface area contributed by atoms with Crippen LogP contribution in [0.4, 0.5) is 5.82 Å². The number of aryl methyl sites for hydroxylation is 2. The van der Waals surface area contributed by atoms with E-state index in [0.29, 0.717) is 28.7 Å². The topological polar surface area (TPSA) is 98.5 Å². The molecule has 4 aromatic rings. The zero-order valence-electron chi connectivity index (χ0n) is 15.4. The fraction of sp³-hybridized carbons (Fsp3) is 0.100. The van der Waals surface area contributed by atoms with Gasteiger partial charge < -0.3 is 5.32 Å². The average molecular weight is 371 g/mol. The van der Waals surface area contributed by atoms with Gasteiger partial charge in [0.05, 0.1) is 18.1 Å². The van der Waals surface area contributed by atoms with E-state index in [-0.39, 0.29) is 5.91 Å². The van der Waals surface area contributed by atoms with Gasteiger partial charge in [0.15, 0.2) is 5.82 Å². The molecule has 0 atom stereocenters. The van der Waals surface area contributed by atoms with Gasteiger partial charge in [-0.25, -0.2) is 14.6 Å². The van der Waals surface area contributed by atoms with Crippen LogP contribution < -0.4 is 5.32 Å². The van der Waals surface area contributed by atoms with Gasteiger partial charge in [-0.3, -0.25) is 14.8 Å². The number of aromatic nitrogens is 6. The van der Waals surface area contributed by atoms with E-state index in [9.17, 15) is 4.79 Å². The second kappa shape index (κ2) is 7.36. The molecular weight excluding hydrogens is 354 g/mol. The molecule has 0 bridgehead atoms. The van der Waals surface area contributed by atoms with E-state index in [1.54, 1.807) is 43.1 Å². The number of rotatable bonds is 4. The highest BCUT2D eigenvalue weighted by atomic mass is 16.2. The molecule has 0 aromatic carbocycles. The van der Waals surface area contributed by atoms with Crippen LogP contribution in [-0.4, -0.2) is 35.6 Å². The number of hydrogen-bond donors (Lipinski definition) is 1. The quantitative estimate of drug-likeness (QED) is 0.592. The fourth-order valence-electron chi connectivity index (χ4n) is 2.68. The third-order valence-electron chi connectivity index (χ3n) is 4.11. The highest BCUT2D eigenvalue weighted by molar-refractivity contribution is 6.03. The highest BCUT2D eigenvalue weighted by Crippen LogP contribution is 2.19. The maximum absolute atomic E-state index is 12.9. The number of nitrogens with one attached hydrogen (secondary N) is 1. The fourth-order valence-corrected chi connectivity index (χ4v) is 2.68. The number of amides is 1. The molecule has 8 heteroatoms. The van der Waals surface area contributed by atoms with E-state index in [1.807, 2.05) is 32.0 Å². The molecule has 4 rings (SSSR count). The summed E-state index contributed by atoms with van der Waals surface area (Å²) in [7, 11) is 0. The van der Waals surface area contributed by atoms with Crippen LogP contribution in [0.1, 0.15) is 21.6 Å². The largest absolute Gasteiger partial charge is 0.305 e. The van der Waals surface area contributed by atoms with Crippen molar-refractivity contribution in [1.29, 1.82) is 0 Å². The summed E-state index contributed by atoms with van der Waals surface area (Å²) in [5.74, 6) is 0.550. The number of anilines is 1. The molecule has 1 amide bonds. The predicted octanol–water partition coefficient (Wildman–Crippen LogP) is 2.99. The van der Waals surface area contributed by atoms with Crippen molar-refractivity contribution in [1.82, 2.24) is 29.7 Å². The molecule has 8 nitrogen and oxygen atoms in total. The normalized spacial score (nSPS) is 10.6. The van der Waals surface area contributed by atoms with Crippen LogP contribution in [0.5, 0.6) is 0 Å². The lowest BCUT2D eigenvalue weighted by atomic mass is 10.2. The molecule has 0 fully saturated rings. The molecule has 0 aliphatic carbocycles. The number of hydrogen-bond acceptors (Lipinski definition) is 6. The van der Waals surface area contributed by atoms with Crippen molar-refractivity contribution in [3.05, 3.63) is 78.1 Å². The van der Waals surface area contributed by atoms with Crippen LogP contribution in [0, 0.1) is 13.8 Å². The van der Waals surface area contributed by atoms with Crippen LogP contribution in [-0.2, 0) is 0 Å². The minimum absolute atomic E-state index is 0.327. The van der Waals surface area contributed by atoms with Gasteiger partial charge in [-0.05, 0) is 49.7 Å². The Kier molecular flexibility index (Phi) is 4.59. The predicted molar refractivity (Wildman–Crippen MR) is 104 cm³/mol. The van der Waals surface area contributed by atoms with E-state index in [0.717, 1.165) is 11.1 Å². The van der Waals surface area contributed by atoms with Crippen molar-refractivity contribution in [3.8, 4) is 17.2 Å². The SMILES string of the molecule is Cc1ccnc(-c2ncc(C)c(NC(=O)c3ccnn3-c3cccnc3)n2)c1. The summed E-state index contributed by atoms with van der Waals surface area (Å²) < 4.78 is 1.53. The number of carbonyl (C=O) groups is 1. The Balaban J connectivity index is 1.64. The Labute approximate surface area is 161 Å². The van der Waals surface area contributed by atoms with Gasteiger partial charge in [0.1, 0.15) is 17.2 Å². The Hall–Kier alpha value is -3.94. The first-order chi connectivity index (χ1) is 13.6. The zero-order valence-corrected chi connectivity index (χ0v) is 15.4. The average Bonchev–Trinajstić information content (AvgIpc) is 3.20. The first-order valence-electron chi connectivity index (χ1n) is 8.64. The molecule has 4 aromatic heterocycles. The number of carbonyl (C=O) groups excluding carboxylic acids is 1. The molecule has 28 heavy (non-hydrogen) atoms. The van der Waals surface area contributed by atoms with Crippen LogP contribution in [0.25, 0.3) is 17.2 Å². The first-order valence-corrected chi connectivity index (χ1v) is 8.64.